The van der Waals surface area contributed by atoms with Gasteiger partial charge in [-0.05, 0) is 55.5 Å². The summed E-state index contributed by atoms with van der Waals surface area (Å²) in [4.78, 5) is 0. The smallest absolute Gasteiger partial charge is 0.0123 e. The summed E-state index contributed by atoms with van der Waals surface area (Å²) in [6, 6.07) is 13.2. The molecule has 0 fully saturated rings. The number of hydrogen-bond donors (Lipinski definition) is 0. The molecule has 16 heavy (non-hydrogen) atoms. The van der Waals surface area contributed by atoms with Gasteiger partial charge >= 0.3 is 0 Å². The van der Waals surface area contributed by atoms with Crippen molar-refractivity contribution in [3.8, 4) is 11.1 Å². The highest BCUT2D eigenvalue weighted by atomic mass is 14.1. The van der Waals surface area contributed by atoms with E-state index in [9.17, 15) is 0 Å². The van der Waals surface area contributed by atoms with Crippen molar-refractivity contribution in [3.63, 3.8) is 0 Å². The van der Waals surface area contributed by atoms with Crippen LogP contribution in [0.4, 0.5) is 0 Å². The first-order valence-electron chi connectivity index (χ1n) is 5.73. The molecule has 0 bridgehead atoms. The maximum Gasteiger partial charge on any atom is -0.0123 e. The number of benzene rings is 2. The molecule has 0 heterocycles. The molecule has 2 rings (SSSR count). The molecule has 0 aromatic heterocycles. The van der Waals surface area contributed by atoms with Gasteiger partial charge in [0.25, 0.3) is 0 Å². The van der Waals surface area contributed by atoms with Crippen molar-refractivity contribution >= 4 is 0 Å². The lowest BCUT2D eigenvalue weighted by molar-refractivity contribution is 1.33. The summed E-state index contributed by atoms with van der Waals surface area (Å²) < 4.78 is 0. The maximum absolute atomic E-state index is 2.25. The maximum atomic E-state index is 2.25. The first-order valence-corrected chi connectivity index (χ1v) is 5.73. The molecule has 0 N–H and O–H groups in total. The molecule has 2 aromatic rings. The van der Waals surface area contributed by atoms with Crippen LogP contribution in [0.2, 0.25) is 0 Å². The summed E-state index contributed by atoms with van der Waals surface area (Å²) in [6.07, 6.45) is 0. The van der Waals surface area contributed by atoms with Crippen LogP contribution in [-0.4, -0.2) is 0 Å². The summed E-state index contributed by atoms with van der Waals surface area (Å²) in [5.74, 6) is 0. The predicted octanol–water partition coefficient (Wildman–Crippen LogP) is 4.59. The van der Waals surface area contributed by atoms with Gasteiger partial charge in [-0.3, -0.25) is 0 Å². The lowest BCUT2D eigenvalue weighted by Crippen LogP contribution is -1.91. The topological polar surface area (TPSA) is 0 Å². The van der Waals surface area contributed by atoms with Crippen LogP contribution in [0.25, 0.3) is 11.1 Å². The Morgan fingerprint density at radius 1 is 0.688 bits per heavy atom. The molecule has 0 atom stereocenters. The van der Waals surface area contributed by atoms with E-state index in [4.69, 9.17) is 0 Å². The van der Waals surface area contributed by atoms with Crippen LogP contribution >= 0.6 is 0 Å². The molecule has 0 aliphatic rings. The minimum atomic E-state index is 1.33. The largest absolute Gasteiger partial charge is 0.0617 e. The molecule has 0 amide bonds. The Kier molecular flexibility index (Phi) is 2.82. The van der Waals surface area contributed by atoms with E-state index in [1.165, 1.54) is 33.4 Å². The van der Waals surface area contributed by atoms with E-state index < -0.39 is 0 Å². The zero-order valence-corrected chi connectivity index (χ0v) is 10.5. The van der Waals surface area contributed by atoms with E-state index in [2.05, 4.69) is 64.1 Å². The quantitative estimate of drug-likeness (QED) is 0.646. The highest BCUT2D eigenvalue weighted by molar-refractivity contribution is 5.73. The van der Waals surface area contributed by atoms with Gasteiger partial charge < -0.3 is 0 Å². The van der Waals surface area contributed by atoms with E-state index >= 15 is 0 Å². The van der Waals surface area contributed by atoms with Crippen molar-refractivity contribution in [1.82, 2.24) is 0 Å². The van der Waals surface area contributed by atoms with Crippen molar-refractivity contribution in [3.05, 3.63) is 58.7 Å². The van der Waals surface area contributed by atoms with E-state index in [1.54, 1.807) is 0 Å². The third kappa shape index (κ3) is 1.88. The average molecular weight is 210 g/mol. The van der Waals surface area contributed by atoms with Gasteiger partial charge in [0.2, 0.25) is 0 Å². The second kappa shape index (κ2) is 4.13. The summed E-state index contributed by atoms with van der Waals surface area (Å²) >= 11 is 0. The monoisotopic (exact) mass is 210 g/mol. The van der Waals surface area contributed by atoms with Gasteiger partial charge in [0, 0.05) is 0 Å². The molecule has 0 unspecified atom stereocenters. The van der Waals surface area contributed by atoms with Crippen LogP contribution in [0.3, 0.4) is 0 Å². The van der Waals surface area contributed by atoms with E-state index in [0.717, 1.165) is 0 Å². The van der Waals surface area contributed by atoms with Crippen LogP contribution in [0, 0.1) is 27.7 Å². The molecule has 0 radical (unpaired) electrons. The van der Waals surface area contributed by atoms with Crippen molar-refractivity contribution in [2.24, 2.45) is 0 Å². The second-order valence-electron chi connectivity index (χ2n) is 4.59. The second-order valence-corrected chi connectivity index (χ2v) is 4.59. The summed E-state index contributed by atoms with van der Waals surface area (Å²) in [6.45, 7) is 8.69. The normalized spacial score (nSPS) is 10.5. The van der Waals surface area contributed by atoms with Crippen LogP contribution in [-0.2, 0) is 0 Å². The lowest BCUT2D eigenvalue weighted by atomic mass is 9.92. The fourth-order valence-corrected chi connectivity index (χ4v) is 2.33. The van der Waals surface area contributed by atoms with Crippen molar-refractivity contribution in [1.29, 1.82) is 0 Å². The lowest BCUT2D eigenvalue weighted by Gasteiger charge is -2.13. The predicted molar refractivity (Wildman–Crippen MR) is 70.8 cm³/mol. The molecular formula is C16H18. The third-order valence-corrected chi connectivity index (χ3v) is 3.13. The highest BCUT2D eigenvalue weighted by Gasteiger charge is 2.07. The van der Waals surface area contributed by atoms with Gasteiger partial charge in [-0.15, -0.1) is 0 Å². The Morgan fingerprint density at radius 3 is 1.88 bits per heavy atom. The van der Waals surface area contributed by atoms with Crippen molar-refractivity contribution < 1.29 is 0 Å². The molecule has 0 aliphatic carbocycles. The van der Waals surface area contributed by atoms with Gasteiger partial charge in [-0.2, -0.15) is 0 Å². The Balaban J connectivity index is 2.68. The van der Waals surface area contributed by atoms with Crippen LogP contribution in [0.1, 0.15) is 22.3 Å². The Morgan fingerprint density at radius 2 is 1.31 bits per heavy atom. The molecule has 2 aromatic carbocycles. The molecule has 0 nitrogen and oxygen atoms in total. The summed E-state index contributed by atoms with van der Waals surface area (Å²) in [7, 11) is 0. The summed E-state index contributed by atoms with van der Waals surface area (Å²) in [5, 5.41) is 0. The van der Waals surface area contributed by atoms with Crippen LogP contribution in [0.5, 0.6) is 0 Å². The first kappa shape index (κ1) is 10.9. The minimum absolute atomic E-state index is 1.33. The Bertz CT molecular complexity index is 501. The van der Waals surface area contributed by atoms with Gasteiger partial charge in [0.05, 0.1) is 0 Å². The minimum Gasteiger partial charge on any atom is -0.0617 e. The zero-order valence-electron chi connectivity index (χ0n) is 10.5. The molecule has 0 aliphatic heterocycles. The fraction of sp³-hybridized carbons (Fsp3) is 0.250. The highest BCUT2D eigenvalue weighted by Crippen LogP contribution is 2.30. The van der Waals surface area contributed by atoms with Crippen molar-refractivity contribution in [2.75, 3.05) is 0 Å². The van der Waals surface area contributed by atoms with E-state index in [0.29, 0.717) is 0 Å². The van der Waals surface area contributed by atoms with Crippen LogP contribution in [0.15, 0.2) is 36.4 Å². The van der Waals surface area contributed by atoms with Crippen LogP contribution < -0.4 is 0 Å². The number of aryl methyl sites for hydroxylation is 4. The van der Waals surface area contributed by atoms with Gasteiger partial charge in [0.15, 0.2) is 0 Å². The molecule has 0 saturated carbocycles. The molecule has 0 saturated heterocycles. The molecule has 0 spiro atoms. The van der Waals surface area contributed by atoms with E-state index in [-0.39, 0.29) is 0 Å². The van der Waals surface area contributed by atoms with Gasteiger partial charge in [0.1, 0.15) is 0 Å². The Hall–Kier alpha value is -1.56. The molecular weight excluding hydrogens is 192 g/mol. The standard InChI is InChI=1S/C16H18/c1-11-8-9-15(14(4)10-11)16-12(2)6-5-7-13(16)3/h5-10H,1-4H3. The molecule has 82 valence electrons. The van der Waals surface area contributed by atoms with Crippen molar-refractivity contribution in [2.45, 2.75) is 27.7 Å². The van der Waals surface area contributed by atoms with E-state index in [1.807, 2.05) is 0 Å². The molecule has 0 heteroatoms. The van der Waals surface area contributed by atoms with Gasteiger partial charge in [-0.25, -0.2) is 0 Å². The first-order chi connectivity index (χ1) is 7.59. The Labute approximate surface area is 97.9 Å². The zero-order chi connectivity index (χ0) is 11.7. The SMILES string of the molecule is Cc1ccc(-c2c(C)cccc2C)c(C)c1. The number of hydrogen-bond acceptors (Lipinski definition) is 0. The summed E-state index contributed by atoms with van der Waals surface area (Å²) in [5.41, 5.74) is 8.14. The fourth-order valence-electron chi connectivity index (χ4n) is 2.33. The van der Waals surface area contributed by atoms with Gasteiger partial charge in [-0.1, -0.05) is 42.0 Å². The third-order valence-electron chi connectivity index (χ3n) is 3.13. The average Bonchev–Trinajstić information content (AvgIpc) is 2.20. The number of rotatable bonds is 1.